The highest BCUT2D eigenvalue weighted by Crippen LogP contribution is 2.25. The molecule has 1 aromatic rings. The van der Waals surface area contributed by atoms with Crippen molar-refractivity contribution < 1.29 is 28.5 Å². The van der Waals surface area contributed by atoms with Gasteiger partial charge in [0.25, 0.3) is 5.91 Å². The maximum atomic E-state index is 12.3. The molecule has 1 aliphatic heterocycles. The first-order valence-corrected chi connectivity index (χ1v) is 7.36. The molecule has 1 heterocycles. The summed E-state index contributed by atoms with van der Waals surface area (Å²) in [4.78, 5) is 26.2. The minimum absolute atomic E-state index is 0.228. The van der Waals surface area contributed by atoms with Gasteiger partial charge >= 0.3 is 5.97 Å². The largest absolute Gasteiger partial charge is 0.497 e. The highest BCUT2D eigenvalue weighted by atomic mass is 16.6. The van der Waals surface area contributed by atoms with Gasteiger partial charge < -0.3 is 23.8 Å². The van der Waals surface area contributed by atoms with E-state index in [1.165, 1.54) is 14.2 Å². The average molecular weight is 323 g/mol. The second-order valence-electron chi connectivity index (χ2n) is 5.05. The third kappa shape index (κ3) is 4.13. The molecule has 1 atom stereocenters. The summed E-state index contributed by atoms with van der Waals surface area (Å²) in [6, 6.07) is 4.77. The van der Waals surface area contributed by atoms with Gasteiger partial charge in [0.15, 0.2) is 6.10 Å². The fraction of sp³-hybridized carbons (Fsp3) is 0.500. The lowest BCUT2D eigenvalue weighted by molar-refractivity contribution is -0.143. The van der Waals surface area contributed by atoms with Crippen LogP contribution in [0.3, 0.4) is 0 Å². The van der Waals surface area contributed by atoms with Crippen molar-refractivity contribution in [3.8, 4) is 11.5 Å². The number of hydrogen-bond donors (Lipinski definition) is 0. The third-order valence-electron chi connectivity index (χ3n) is 3.58. The minimum atomic E-state index is -0.868. The molecule has 1 aromatic carbocycles. The molecular weight excluding hydrogens is 302 g/mol. The van der Waals surface area contributed by atoms with E-state index in [9.17, 15) is 9.59 Å². The third-order valence-corrected chi connectivity index (χ3v) is 3.58. The molecular formula is C16H21NO6. The van der Waals surface area contributed by atoms with E-state index in [0.29, 0.717) is 37.8 Å². The van der Waals surface area contributed by atoms with Crippen LogP contribution in [0.15, 0.2) is 18.2 Å². The molecule has 0 spiro atoms. The SMILES string of the molecule is COc1ccc(C(=O)O[C@@H](C)C(=O)N2CCOCC2)c(OC)c1. The van der Waals surface area contributed by atoms with E-state index in [2.05, 4.69) is 0 Å². The Morgan fingerprint density at radius 2 is 1.87 bits per heavy atom. The fourth-order valence-electron chi connectivity index (χ4n) is 2.28. The number of methoxy groups -OCH3 is 2. The molecule has 2 rings (SSSR count). The Morgan fingerprint density at radius 3 is 2.48 bits per heavy atom. The first kappa shape index (κ1) is 17.1. The second kappa shape index (κ2) is 7.82. The van der Waals surface area contributed by atoms with Crippen LogP contribution in [-0.4, -0.2) is 63.4 Å². The molecule has 0 aromatic heterocycles. The molecule has 0 radical (unpaired) electrons. The standard InChI is InChI=1S/C16H21NO6/c1-11(15(18)17-6-8-22-9-7-17)23-16(19)13-5-4-12(20-2)10-14(13)21-3/h4-5,10-11H,6-9H2,1-3H3/t11-/m0/s1. The topological polar surface area (TPSA) is 74.3 Å². The number of nitrogens with zero attached hydrogens (tertiary/aromatic N) is 1. The predicted molar refractivity (Wildman–Crippen MR) is 81.8 cm³/mol. The van der Waals surface area contributed by atoms with Crippen molar-refractivity contribution in [2.45, 2.75) is 13.0 Å². The first-order chi connectivity index (χ1) is 11.1. The van der Waals surface area contributed by atoms with E-state index in [4.69, 9.17) is 18.9 Å². The zero-order chi connectivity index (χ0) is 16.8. The molecule has 1 amide bonds. The van der Waals surface area contributed by atoms with Crippen LogP contribution in [0.25, 0.3) is 0 Å². The van der Waals surface area contributed by atoms with Gasteiger partial charge in [-0.3, -0.25) is 4.79 Å². The maximum Gasteiger partial charge on any atom is 0.342 e. The quantitative estimate of drug-likeness (QED) is 0.756. The highest BCUT2D eigenvalue weighted by molar-refractivity contribution is 5.94. The Hall–Kier alpha value is -2.28. The Labute approximate surface area is 135 Å². The van der Waals surface area contributed by atoms with E-state index in [-0.39, 0.29) is 11.5 Å². The van der Waals surface area contributed by atoms with Crippen LogP contribution >= 0.6 is 0 Å². The lowest BCUT2D eigenvalue weighted by atomic mass is 10.2. The van der Waals surface area contributed by atoms with Crippen LogP contribution in [0.2, 0.25) is 0 Å². The van der Waals surface area contributed by atoms with Gasteiger partial charge in [0, 0.05) is 19.2 Å². The zero-order valence-corrected chi connectivity index (χ0v) is 13.5. The molecule has 0 bridgehead atoms. The number of amides is 1. The summed E-state index contributed by atoms with van der Waals surface area (Å²) in [6.45, 7) is 3.57. The van der Waals surface area contributed by atoms with E-state index in [1.54, 1.807) is 30.0 Å². The van der Waals surface area contributed by atoms with Gasteiger partial charge in [-0.15, -0.1) is 0 Å². The monoisotopic (exact) mass is 323 g/mol. The summed E-state index contributed by atoms with van der Waals surface area (Å²) in [5, 5.41) is 0. The predicted octanol–water partition coefficient (Wildman–Crippen LogP) is 1.11. The Kier molecular flexibility index (Phi) is 5.81. The van der Waals surface area contributed by atoms with Crippen molar-refractivity contribution in [2.75, 3.05) is 40.5 Å². The summed E-state index contributed by atoms with van der Waals surface area (Å²) in [6.07, 6.45) is -0.868. The molecule has 0 saturated carbocycles. The summed E-state index contributed by atoms with van der Waals surface area (Å²) in [7, 11) is 2.98. The number of benzene rings is 1. The van der Waals surface area contributed by atoms with Gasteiger partial charge in [0.2, 0.25) is 0 Å². The molecule has 1 saturated heterocycles. The van der Waals surface area contributed by atoms with E-state index in [1.807, 2.05) is 0 Å². The highest BCUT2D eigenvalue weighted by Gasteiger charge is 2.26. The lowest BCUT2D eigenvalue weighted by Gasteiger charge is -2.29. The van der Waals surface area contributed by atoms with Crippen LogP contribution in [0.1, 0.15) is 17.3 Å². The van der Waals surface area contributed by atoms with Crippen molar-refractivity contribution >= 4 is 11.9 Å². The molecule has 7 nitrogen and oxygen atoms in total. The number of carbonyl (C=O) groups excluding carboxylic acids is 2. The van der Waals surface area contributed by atoms with Crippen LogP contribution < -0.4 is 9.47 Å². The van der Waals surface area contributed by atoms with Crippen LogP contribution in [0.5, 0.6) is 11.5 Å². The smallest absolute Gasteiger partial charge is 0.342 e. The van der Waals surface area contributed by atoms with Crippen LogP contribution in [-0.2, 0) is 14.3 Å². The summed E-state index contributed by atoms with van der Waals surface area (Å²) < 4.78 is 20.7. The van der Waals surface area contributed by atoms with Crippen LogP contribution in [0, 0.1) is 0 Å². The summed E-state index contributed by atoms with van der Waals surface area (Å²) in [5.41, 5.74) is 0.245. The van der Waals surface area contributed by atoms with Crippen molar-refractivity contribution in [2.24, 2.45) is 0 Å². The van der Waals surface area contributed by atoms with E-state index in [0.717, 1.165) is 0 Å². The summed E-state index contributed by atoms with van der Waals surface area (Å²) in [5.74, 6) is 0.0592. The minimum Gasteiger partial charge on any atom is -0.497 e. The van der Waals surface area contributed by atoms with Crippen molar-refractivity contribution in [3.63, 3.8) is 0 Å². The van der Waals surface area contributed by atoms with Crippen molar-refractivity contribution in [1.29, 1.82) is 0 Å². The number of ether oxygens (including phenoxy) is 4. The molecule has 0 aliphatic carbocycles. The molecule has 0 N–H and O–H groups in total. The summed E-state index contributed by atoms with van der Waals surface area (Å²) >= 11 is 0. The Bertz CT molecular complexity index is 568. The second-order valence-corrected chi connectivity index (χ2v) is 5.05. The Balaban J connectivity index is 2.04. The van der Waals surface area contributed by atoms with Gasteiger partial charge in [-0.1, -0.05) is 0 Å². The fourth-order valence-corrected chi connectivity index (χ4v) is 2.28. The average Bonchev–Trinajstić information content (AvgIpc) is 2.60. The van der Waals surface area contributed by atoms with E-state index >= 15 is 0 Å². The maximum absolute atomic E-state index is 12.3. The molecule has 23 heavy (non-hydrogen) atoms. The first-order valence-electron chi connectivity index (χ1n) is 7.36. The molecule has 1 fully saturated rings. The van der Waals surface area contributed by atoms with E-state index < -0.39 is 12.1 Å². The van der Waals surface area contributed by atoms with Gasteiger partial charge in [-0.25, -0.2) is 4.79 Å². The molecule has 0 unspecified atom stereocenters. The van der Waals surface area contributed by atoms with Crippen LogP contribution in [0.4, 0.5) is 0 Å². The normalized spacial score (nSPS) is 15.7. The molecule has 7 heteroatoms. The number of morpholine rings is 1. The number of rotatable bonds is 5. The molecule has 126 valence electrons. The molecule has 1 aliphatic rings. The van der Waals surface area contributed by atoms with Crippen molar-refractivity contribution in [3.05, 3.63) is 23.8 Å². The number of esters is 1. The Morgan fingerprint density at radius 1 is 1.17 bits per heavy atom. The number of hydrogen-bond acceptors (Lipinski definition) is 6. The lowest BCUT2D eigenvalue weighted by Crippen LogP contribution is -2.46. The van der Waals surface area contributed by atoms with Gasteiger partial charge in [0.05, 0.1) is 27.4 Å². The van der Waals surface area contributed by atoms with Gasteiger partial charge in [-0.05, 0) is 19.1 Å². The van der Waals surface area contributed by atoms with Gasteiger partial charge in [-0.2, -0.15) is 0 Å². The van der Waals surface area contributed by atoms with Crippen molar-refractivity contribution in [1.82, 2.24) is 4.90 Å². The number of carbonyl (C=O) groups is 2. The van der Waals surface area contributed by atoms with Gasteiger partial charge in [0.1, 0.15) is 17.1 Å². The zero-order valence-electron chi connectivity index (χ0n) is 13.5.